The highest BCUT2D eigenvalue weighted by atomic mass is 16.6. The summed E-state index contributed by atoms with van der Waals surface area (Å²) < 4.78 is 5.54. The Morgan fingerprint density at radius 1 is 1.24 bits per heavy atom. The fourth-order valence-electron chi connectivity index (χ4n) is 4.43. The molecule has 158 valence electrons. The van der Waals surface area contributed by atoms with E-state index in [0.717, 1.165) is 18.9 Å². The molecular formula is C21H29N3O5. The number of nitro groups is 1. The van der Waals surface area contributed by atoms with Gasteiger partial charge in [-0.15, -0.1) is 0 Å². The first-order chi connectivity index (χ1) is 14.1. The summed E-state index contributed by atoms with van der Waals surface area (Å²) in [7, 11) is 0. The summed E-state index contributed by atoms with van der Waals surface area (Å²) in [5.74, 6) is 1.12. The zero-order chi connectivity index (χ0) is 20.6. The van der Waals surface area contributed by atoms with Gasteiger partial charge in [-0.05, 0) is 56.6 Å². The Bertz CT molecular complexity index is 737. The molecule has 1 saturated carbocycles. The van der Waals surface area contributed by atoms with Gasteiger partial charge >= 0.3 is 0 Å². The van der Waals surface area contributed by atoms with Crippen molar-refractivity contribution in [2.75, 3.05) is 13.2 Å². The first kappa shape index (κ1) is 21.2. The van der Waals surface area contributed by atoms with Gasteiger partial charge in [0.2, 0.25) is 5.91 Å². The van der Waals surface area contributed by atoms with E-state index in [-0.39, 0.29) is 17.2 Å². The highest BCUT2D eigenvalue weighted by Gasteiger charge is 2.33. The molecule has 1 amide bonds. The summed E-state index contributed by atoms with van der Waals surface area (Å²) in [6.07, 6.45) is 9.67. The molecule has 0 spiro atoms. The number of carbonyl (C=O) groups excluding carboxylic acids is 2. The van der Waals surface area contributed by atoms with E-state index in [9.17, 15) is 19.7 Å². The van der Waals surface area contributed by atoms with Crippen molar-refractivity contribution in [3.05, 3.63) is 33.9 Å². The minimum atomic E-state index is -0.599. The molecule has 8 nitrogen and oxygen atoms in total. The van der Waals surface area contributed by atoms with E-state index in [1.807, 2.05) is 0 Å². The van der Waals surface area contributed by atoms with Crippen LogP contribution >= 0.6 is 0 Å². The molecule has 8 heteroatoms. The highest BCUT2D eigenvalue weighted by Crippen LogP contribution is 2.34. The van der Waals surface area contributed by atoms with Crippen molar-refractivity contribution in [2.45, 2.75) is 63.8 Å². The summed E-state index contributed by atoms with van der Waals surface area (Å²) in [4.78, 5) is 33.5. The molecule has 0 aromatic heterocycles. The maximum Gasteiger partial charge on any atom is 0.283 e. The fraction of sp³-hybridized carbons (Fsp3) is 0.619. The Morgan fingerprint density at radius 3 is 2.83 bits per heavy atom. The number of piperidine rings is 1. The molecular weight excluding hydrogens is 374 g/mol. The molecule has 1 saturated heterocycles. The van der Waals surface area contributed by atoms with Crippen LogP contribution in [-0.2, 0) is 4.79 Å². The third-order valence-electron chi connectivity index (χ3n) is 5.90. The van der Waals surface area contributed by atoms with E-state index < -0.39 is 4.92 Å². The lowest BCUT2D eigenvalue weighted by atomic mass is 9.79. The van der Waals surface area contributed by atoms with Crippen LogP contribution in [0.15, 0.2) is 18.2 Å². The maximum atomic E-state index is 12.3. The molecule has 1 aromatic carbocycles. The Balaban J connectivity index is 1.37. The van der Waals surface area contributed by atoms with Gasteiger partial charge < -0.3 is 4.74 Å². The van der Waals surface area contributed by atoms with Crippen molar-refractivity contribution in [1.82, 2.24) is 10.4 Å². The minimum Gasteiger partial charge on any atom is -0.493 e. The first-order valence-corrected chi connectivity index (χ1v) is 10.5. The molecule has 1 heterocycles. The Morgan fingerprint density at radius 2 is 2.03 bits per heavy atom. The molecule has 0 radical (unpaired) electrons. The lowest BCUT2D eigenvalue weighted by Crippen LogP contribution is -2.55. The van der Waals surface area contributed by atoms with Gasteiger partial charge in [-0.1, -0.05) is 12.8 Å². The summed E-state index contributed by atoms with van der Waals surface area (Å²) in [5, 5.41) is 13.1. The summed E-state index contributed by atoms with van der Waals surface area (Å²) in [6, 6.07) is 4.67. The predicted octanol–water partition coefficient (Wildman–Crippen LogP) is 3.64. The average Bonchev–Trinajstić information content (AvgIpc) is 2.73. The van der Waals surface area contributed by atoms with Crippen LogP contribution < -0.4 is 10.2 Å². The van der Waals surface area contributed by atoms with Crippen LogP contribution in [0.5, 0.6) is 5.75 Å². The molecule has 1 aromatic rings. The maximum absolute atomic E-state index is 12.3. The summed E-state index contributed by atoms with van der Waals surface area (Å²) in [5.41, 5.74) is 2.87. The van der Waals surface area contributed by atoms with Crippen LogP contribution in [0.25, 0.3) is 0 Å². The number of nitro benzene ring substituents is 1. The third kappa shape index (κ3) is 5.76. The predicted molar refractivity (Wildman–Crippen MR) is 108 cm³/mol. The van der Waals surface area contributed by atoms with E-state index in [0.29, 0.717) is 43.9 Å². The number of nitrogens with zero attached hydrogens (tertiary/aromatic N) is 2. The van der Waals surface area contributed by atoms with Gasteiger partial charge in [0.1, 0.15) is 5.75 Å². The number of ether oxygens (including phenoxy) is 1. The zero-order valence-electron chi connectivity index (χ0n) is 16.7. The number of amides is 1. The van der Waals surface area contributed by atoms with E-state index in [2.05, 4.69) is 10.4 Å². The van der Waals surface area contributed by atoms with Gasteiger partial charge in [0.05, 0.1) is 23.2 Å². The monoisotopic (exact) mass is 403 g/mol. The molecule has 1 aliphatic carbocycles. The van der Waals surface area contributed by atoms with Crippen LogP contribution in [0.4, 0.5) is 5.69 Å². The van der Waals surface area contributed by atoms with Crippen molar-refractivity contribution in [1.29, 1.82) is 0 Å². The Hall–Kier alpha value is -2.48. The Kier molecular flexibility index (Phi) is 7.57. The van der Waals surface area contributed by atoms with E-state index in [4.69, 9.17) is 4.74 Å². The molecule has 1 aliphatic heterocycles. The largest absolute Gasteiger partial charge is 0.493 e. The Labute approximate surface area is 170 Å². The van der Waals surface area contributed by atoms with Gasteiger partial charge in [0, 0.05) is 19.0 Å². The van der Waals surface area contributed by atoms with E-state index >= 15 is 0 Å². The van der Waals surface area contributed by atoms with Gasteiger partial charge in [-0.2, -0.15) is 0 Å². The molecule has 1 N–H and O–H groups in total. The van der Waals surface area contributed by atoms with Crippen LogP contribution in [0.2, 0.25) is 0 Å². The second kappa shape index (κ2) is 10.3. The highest BCUT2D eigenvalue weighted by molar-refractivity contribution is 5.81. The van der Waals surface area contributed by atoms with Crippen molar-refractivity contribution >= 4 is 17.9 Å². The number of hydrazine groups is 1. The van der Waals surface area contributed by atoms with Crippen molar-refractivity contribution in [2.24, 2.45) is 5.92 Å². The molecule has 2 aliphatic rings. The number of hydrogen-bond donors (Lipinski definition) is 1. The van der Waals surface area contributed by atoms with Gasteiger partial charge in [-0.3, -0.25) is 25.1 Å². The van der Waals surface area contributed by atoms with Gasteiger partial charge in [0.15, 0.2) is 6.29 Å². The smallest absolute Gasteiger partial charge is 0.283 e. The molecule has 3 rings (SSSR count). The summed E-state index contributed by atoms with van der Waals surface area (Å²) in [6.45, 7) is 1.30. The standard InChI is InChI=1S/C21H29N3O5/c25-15-17-10-11-18(14-20(17)24(27)28)29-13-4-3-9-21(26)22-23-12-5-7-16-6-1-2-8-19(16)23/h10-11,14-16,19H,1-9,12-13H2,(H,22,26). The number of rotatable bonds is 9. The topological polar surface area (TPSA) is 102 Å². The normalized spacial score (nSPS) is 21.8. The van der Waals surface area contributed by atoms with E-state index in [1.54, 1.807) is 6.07 Å². The number of hydrogen-bond acceptors (Lipinski definition) is 6. The molecule has 29 heavy (non-hydrogen) atoms. The van der Waals surface area contributed by atoms with Crippen molar-refractivity contribution < 1.29 is 19.2 Å². The molecule has 2 atom stereocenters. The number of benzene rings is 1. The molecule has 0 bridgehead atoms. The number of fused-ring (bicyclic) bond motifs is 1. The van der Waals surface area contributed by atoms with Crippen LogP contribution in [0, 0.1) is 16.0 Å². The van der Waals surface area contributed by atoms with Crippen LogP contribution in [0.1, 0.15) is 68.1 Å². The first-order valence-electron chi connectivity index (χ1n) is 10.5. The third-order valence-corrected chi connectivity index (χ3v) is 5.90. The second-order valence-electron chi connectivity index (χ2n) is 7.88. The van der Waals surface area contributed by atoms with Crippen LogP contribution in [-0.4, -0.2) is 41.3 Å². The molecule has 2 fully saturated rings. The van der Waals surface area contributed by atoms with Crippen LogP contribution in [0.3, 0.4) is 0 Å². The number of nitrogens with one attached hydrogen (secondary N) is 1. The van der Waals surface area contributed by atoms with E-state index in [1.165, 1.54) is 44.2 Å². The minimum absolute atomic E-state index is 0.0249. The van der Waals surface area contributed by atoms with Gasteiger partial charge in [-0.25, -0.2) is 5.01 Å². The molecule has 2 unspecified atom stereocenters. The lowest BCUT2D eigenvalue weighted by molar-refractivity contribution is -0.385. The van der Waals surface area contributed by atoms with Crippen molar-refractivity contribution in [3.8, 4) is 5.75 Å². The quantitative estimate of drug-likeness (QED) is 0.292. The lowest BCUT2D eigenvalue weighted by Gasteiger charge is -2.43. The average molecular weight is 403 g/mol. The van der Waals surface area contributed by atoms with Gasteiger partial charge in [0.25, 0.3) is 5.69 Å². The number of carbonyl (C=O) groups is 2. The summed E-state index contributed by atoms with van der Waals surface area (Å²) >= 11 is 0. The second-order valence-corrected chi connectivity index (χ2v) is 7.88. The van der Waals surface area contributed by atoms with Crippen molar-refractivity contribution in [3.63, 3.8) is 0 Å². The fourth-order valence-corrected chi connectivity index (χ4v) is 4.43. The zero-order valence-corrected chi connectivity index (χ0v) is 16.7. The number of aldehydes is 1. The SMILES string of the molecule is O=Cc1ccc(OCCCCC(=O)NN2CCCC3CCCCC32)cc1[N+](=O)[O-]. The number of unbranched alkanes of at least 4 members (excludes halogenated alkanes) is 1.